The third kappa shape index (κ3) is 4.47. The fourth-order valence-electron chi connectivity index (χ4n) is 2.78. The number of amides is 1. The van der Waals surface area contributed by atoms with Crippen molar-refractivity contribution >= 4 is 23.0 Å². The van der Waals surface area contributed by atoms with Gasteiger partial charge in [-0.05, 0) is 56.1 Å². The highest BCUT2D eigenvalue weighted by Crippen LogP contribution is 2.37. The minimum Gasteiger partial charge on any atom is -0.611 e. The number of fused-ring (bicyclic) bond motifs is 1. The van der Waals surface area contributed by atoms with Crippen molar-refractivity contribution in [2.24, 2.45) is 0 Å². The molecule has 0 fully saturated rings. The number of aromatic nitrogens is 1. The van der Waals surface area contributed by atoms with Crippen molar-refractivity contribution in [1.82, 2.24) is 4.98 Å². The molecule has 2 heterocycles. The van der Waals surface area contributed by atoms with Crippen LogP contribution in [0.1, 0.15) is 32.3 Å². The lowest BCUT2D eigenvalue weighted by Crippen LogP contribution is -2.34. The SMILES string of the molecule is CC1(C)OC(=O)Nc2ccc(OCCCC[S+]([O-])c3ccncc3)cc21. The highest BCUT2D eigenvalue weighted by molar-refractivity contribution is 7.91. The highest BCUT2D eigenvalue weighted by Gasteiger charge is 2.33. The van der Waals surface area contributed by atoms with Crippen LogP contribution in [0.4, 0.5) is 10.5 Å². The Morgan fingerprint density at radius 3 is 2.77 bits per heavy atom. The molecule has 0 saturated carbocycles. The summed E-state index contributed by atoms with van der Waals surface area (Å²) in [6.45, 7) is 4.24. The van der Waals surface area contributed by atoms with Crippen LogP contribution in [0.5, 0.6) is 5.75 Å². The van der Waals surface area contributed by atoms with Crippen LogP contribution in [0.2, 0.25) is 0 Å². The molecule has 0 bridgehead atoms. The lowest BCUT2D eigenvalue weighted by Gasteiger charge is -2.32. The molecule has 3 rings (SSSR count). The van der Waals surface area contributed by atoms with Crippen molar-refractivity contribution in [3.05, 3.63) is 48.3 Å². The number of cyclic esters (lactones) is 1. The maximum Gasteiger partial charge on any atom is 0.412 e. The molecule has 0 aliphatic carbocycles. The molecule has 1 unspecified atom stereocenters. The molecule has 1 aromatic carbocycles. The van der Waals surface area contributed by atoms with Crippen LogP contribution in [-0.4, -0.2) is 28.0 Å². The molecule has 1 aliphatic rings. The predicted molar refractivity (Wildman–Crippen MR) is 99.8 cm³/mol. The summed E-state index contributed by atoms with van der Waals surface area (Å²) in [5.74, 6) is 1.33. The van der Waals surface area contributed by atoms with Gasteiger partial charge in [-0.15, -0.1) is 0 Å². The zero-order chi connectivity index (χ0) is 18.6. The summed E-state index contributed by atoms with van der Waals surface area (Å²) >= 11 is -0.999. The number of nitrogens with zero attached hydrogens (tertiary/aromatic N) is 1. The van der Waals surface area contributed by atoms with Crippen molar-refractivity contribution in [3.63, 3.8) is 0 Å². The van der Waals surface area contributed by atoms with Crippen LogP contribution in [0.15, 0.2) is 47.6 Å². The van der Waals surface area contributed by atoms with Crippen LogP contribution in [0.3, 0.4) is 0 Å². The largest absolute Gasteiger partial charge is 0.611 e. The monoisotopic (exact) mass is 374 g/mol. The fourth-order valence-corrected chi connectivity index (χ4v) is 3.90. The number of unbranched alkanes of at least 4 members (excludes halogenated alkanes) is 1. The van der Waals surface area contributed by atoms with Crippen molar-refractivity contribution in [2.45, 2.75) is 37.2 Å². The van der Waals surface area contributed by atoms with Crippen molar-refractivity contribution in [2.75, 3.05) is 17.7 Å². The summed E-state index contributed by atoms with van der Waals surface area (Å²) in [5, 5.41) is 2.69. The molecular formula is C19H22N2O4S. The third-order valence-corrected chi connectivity index (χ3v) is 5.59. The van der Waals surface area contributed by atoms with E-state index in [1.165, 1.54) is 0 Å². The Hall–Kier alpha value is -2.25. The Bertz CT molecular complexity index is 767. The Morgan fingerprint density at radius 1 is 1.23 bits per heavy atom. The standard InChI is InChI=1S/C19H22N2O4S/c1-19(2)16-13-14(5-6-17(16)21-18(22)25-19)24-11-3-4-12-26(23)15-7-9-20-10-8-15/h5-10,13H,3-4,11-12H2,1-2H3,(H,21,22). The molecule has 26 heavy (non-hydrogen) atoms. The summed E-state index contributed by atoms with van der Waals surface area (Å²) in [6, 6.07) is 9.11. The minimum absolute atomic E-state index is 0.446. The molecule has 0 spiro atoms. The molecule has 1 aliphatic heterocycles. The molecule has 0 radical (unpaired) electrons. The number of carbonyl (C=O) groups excluding carboxylic acids is 1. The van der Waals surface area contributed by atoms with E-state index in [0.717, 1.165) is 34.7 Å². The first-order valence-corrected chi connectivity index (χ1v) is 9.83. The first-order chi connectivity index (χ1) is 12.5. The zero-order valence-electron chi connectivity index (χ0n) is 14.9. The molecular weight excluding hydrogens is 352 g/mol. The molecule has 6 nitrogen and oxygen atoms in total. The van der Waals surface area contributed by atoms with Crippen LogP contribution in [-0.2, 0) is 21.5 Å². The number of hydrogen-bond donors (Lipinski definition) is 1. The second kappa shape index (κ2) is 7.97. The van der Waals surface area contributed by atoms with Gasteiger partial charge in [0.2, 0.25) is 0 Å². The smallest absolute Gasteiger partial charge is 0.412 e. The average Bonchev–Trinajstić information content (AvgIpc) is 2.61. The van der Waals surface area contributed by atoms with Crippen molar-refractivity contribution in [1.29, 1.82) is 0 Å². The number of rotatable bonds is 7. The summed E-state index contributed by atoms with van der Waals surface area (Å²) < 4.78 is 23.3. The van der Waals surface area contributed by atoms with Gasteiger partial charge in [-0.25, -0.2) is 4.79 Å². The number of carbonyl (C=O) groups is 1. The van der Waals surface area contributed by atoms with Gasteiger partial charge in [0.15, 0.2) is 4.90 Å². The molecule has 7 heteroatoms. The van der Waals surface area contributed by atoms with Gasteiger partial charge in [0.05, 0.1) is 12.3 Å². The van der Waals surface area contributed by atoms with E-state index >= 15 is 0 Å². The van der Waals surface area contributed by atoms with Gasteiger partial charge in [0, 0.05) is 30.1 Å². The number of pyridine rings is 1. The molecule has 1 amide bonds. The Morgan fingerprint density at radius 2 is 2.00 bits per heavy atom. The fraction of sp³-hybridized carbons (Fsp3) is 0.368. The summed E-state index contributed by atoms with van der Waals surface area (Å²) in [6.07, 6.45) is 4.48. The van der Waals surface area contributed by atoms with Gasteiger partial charge in [-0.1, -0.05) is 0 Å². The number of hydrogen-bond acceptors (Lipinski definition) is 5. The van der Waals surface area contributed by atoms with Gasteiger partial charge in [-0.2, -0.15) is 0 Å². The summed E-state index contributed by atoms with van der Waals surface area (Å²) in [7, 11) is 0. The quantitative estimate of drug-likeness (QED) is 0.588. The third-order valence-electron chi connectivity index (χ3n) is 4.13. The van der Waals surface area contributed by atoms with Crippen molar-refractivity contribution < 1.29 is 18.8 Å². The maximum atomic E-state index is 12.1. The predicted octanol–water partition coefficient (Wildman–Crippen LogP) is 3.85. The normalized spacial score (nSPS) is 16.2. The van der Waals surface area contributed by atoms with E-state index in [4.69, 9.17) is 9.47 Å². The number of nitrogens with one attached hydrogen (secondary N) is 1. The maximum absolute atomic E-state index is 12.1. The molecule has 2 aromatic rings. The van der Waals surface area contributed by atoms with Crippen LogP contribution < -0.4 is 10.1 Å². The average molecular weight is 374 g/mol. The first kappa shape index (κ1) is 18.5. The lowest BCUT2D eigenvalue weighted by atomic mass is 9.94. The number of ether oxygens (including phenoxy) is 2. The van der Waals surface area contributed by atoms with Gasteiger partial charge in [0.1, 0.15) is 17.1 Å². The second-order valence-corrected chi connectivity index (χ2v) is 8.09. The van der Waals surface area contributed by atoms with E-state index in [-0.39, 0.29) is 0 Å². The van der Waals surface area contributed by atoms with E-state index in [1.54, 1.807) is 24.5 Å². The summed E-state index contributed by atoms with van der Waals surface area (Å²) in [4.78, 5) is 16.3. The van der Waals surface area contributed by atoms with Gasteiger partial charge < -0.3 is 14.0 Å². The Kier molecular flexibility index (Phi) is 5.68. The lowest BCUT2D eigenvalue weighted by molar-refractivity contribution is 0.0418. The number of anilines is 1. The number of benzene rings is 1. The van der Waals surface area contributed by atoms with E-state index in [0.29, 0.717) is 12.4 Å². The minimum atomic E-state index is -0.999. The molecule has 1 atom stereocenters. The molecule has 0 saturated heterocycles. The zero-order valence-corrected chi connectivity index (χ0v) is 15.7. The Labute approximate surface area is 156 Å². The van der Waals surface area contributed by atoms with Crippen LogP contribution in [0.25, 0.3) is 0 Å². The Balaban J connectivity index is 1.48. The van der Waals surface area contributed by atoms with Gasteiger partial charge in [-0.3, -0.25) is 10.3 Å². The first-order valence-electron chi connectivity index (χ1n) is 8.51. The second-order valence-electron chi connectivity index (χ2n) is 6.52. The van der Waals surface area contributed by atoms with Gasteiger partial charge in [0.25, 0.3) is 0 Å². The topological polar surface area (TPSA) is 83.5 Å². The van der Waals surface area contributed by atoms with E-state index in [1.807, 2.05) is 32.0 Å². The van der Waals surface area contributed by atoms with Gasteiger partial charge >= 0.3 is 6.09 Å². The molecule has 1 N–H and O–H groups in total. The molecule has 1 aromatic heterocycles. The molecule has 138 valence electrons. The van der Waals surface area contributed by atoms with Crippen LogP contribution >= 0.6 is 0 Å². The summed E-state index contributed by atoms with van der Waals surface area (Å²) in [5.41, 5.74) is 0.929. The van der Waals surface area contributed by atoms with E-state index < -0.39 is 22.9 Å². The highest BCUT2D eigenvalue weighted by atomic mass is 32.2. The van der Waals surface area contributed by atoms with E-state index in [9.17, 15) is 9.35 Å². The van der Waals surface area contributed by atoms with Crippen molar-refractivity contribution in [3.8, 4) is 5.75 Å². The van der Waals surface area contributed by atoms with E-state index in [2.05, 4.69) is 10.3 Å². The van der Waals surface area contributed by atoms with Crippen LogP contribution in [0, 0.1) is 0 Å².